The minimum absolute atomic E-state index is 0.164. The monoisotopic (exact) mass is 179 g/mol. The largest absolute Gasteiger partial charge is 0.508 e. The predicted molar refractivity (Wildman–Crippen MR) is 40.7 cm³/mol. The van der Waals surface area contributed by atoms with Crippen molar-refractivity contribution in [1.29, 1.82) is 0 Å². The molecule has 0 saturated heterocycles. The van der Waals surface area contributed by atoms with E-state index in [4.69, 9.17) is 0 Å². The van der Waals surface area contributed by atoms with Crippen LogP contribution >= 0.6 is 8.03 Å². The van der Waals surface area contributed by atoms with Gasteiger partial charge in [-0.15, -0.1) is 4.52 Å². The highest BCUT2D eigenvalue weighted by Crippen LogP contribution is 2.20. The molecule has 64 valence electrons. The van der Waals surface area contributed by atoms with Gasteiger partial charge in [-0.3, -0.25) is 4.79 Å². The van der Waals surface area contributed by atoms with E-state index in [0.717, 1.165) is 0 Å². The summed E-state index contributed by atoms with van der Waals surface area (Å²) in [5.41, 5.74) is 0. The minimum atomic E-state index is -1.67. The normalized spacial score (nSPS) is 10.9. The molecule has 0 aliphatic carbocycles. The first-order valence-electron chi connectivity index (χ1n) is 3.35. The summed E-state index contributed by atoms with van der Waals surface area (Å²) in [7, 11) is -0.321. The van der Waals surface area contributed by atoms with E-state index in [1.165, 1.54) is 7.11 Å². The highest BCUT2D eigenvalue weighted by molar-refractivity contribution is 7.39. The molecular formula is C6H12O4P+. The van der Waals surface area contributed by atoms with Crippen LogP contribution in [0.15, 0.2) is 0 Å². The summed E-state index contributed by atoms with van der Waals surface area (Å²) in [6.45, 7) is 2.09. The topological polar surface area (TPSA) is 52.6 Å². The number of rotatable bonds is 5. The summed E-state index contributed by atoms with van der Waals surface area (Å²) in [5.74, 6) is -0.326. The first-order chi connectivity index (χ1) is 5.20. The molecule has 0 N–H and O–H groups in total. The molecule has 0 fully saturated rings. The van der Waals surface area contributed by atoms with Crippen molar-refractivity contribution in [3.63, 3.8) is 0 Å². The Morgan fingerprint density at radius 1 is 1.55 bits per heavy atom. The van der Waals surface area contributed by atoms with Crippen LogP contribution in [0.25, 0.3) is 0 Å². The van der Waals surface area contributed by atoms with Gasteiger partial charge in [-0.1, -0.05) is 0 Å². The molecule has 4 nitrogen and oxygen atoms in total. The summed E-state index contributed by atoms with van der Waals surface area (Å²) in [6.07, 6.45) is 0.404. The lowest BCUT2D eigenvalue weighted by atomic mass is 10.5. The van der Waals surface area contributed by atoms with Crippen LogP contribution in [0.2, 0.25) is 0 Å². The molecule has 0 spiro atoms. The molecule has 0 aromatic heterocycles. The van der Waals surface area contributed by atoms with Gasteiger partial charge in [-0.2, -0.15) is 0 Å². The molecular weight excluding hydrogens is 167 g/mol. The maximum atomic E-state index is 10.7. The van der Waals surface area contributed by atoms with Crippen LogP contribution < -0.4 is 0 Å². The van der Waals surface area contributed by atoms with Crippen LogP contribution in [0.3, 0.4) is 0 Å². The third kappa shape index (κ3) is 5.95. The zero-order chi connectivity index (χ0) is 8.69. The molecule has 0 rings (SSSR count). The standard InChI is InChI=1S/C6H12O4P/c1-3-10-6(7)4-5-11(8)9-2/h3-5H2,1-2H3/q+1. The van der Waals surface area contributed by atoms with Gasteiger partial charge in [0.15, 0.2) is 6.16 Å². The quantitative estimate of drug-likeness (QED) is 0.472. The highest BCUT2D eigenvalue weighted by Gasteiger charge is 2.17. The third-order valence-corrected chi connectivity index (χ3v) is 2.00. The van der Waals surface area contributed by atoms with Crippen molar-refractivity contribution >= 4 is 14.0 Å². The molecule has 0 aliphatic heterocycles. The average Bonchev–Trinajstić information content (AvgIpc) is 2.01. The van der Waals surface area contributed by atoms with Crippen molar-refractivity contribution in [3.05, 3.63) is 0 Å². The average molecular weight is 179 g/mol. The molecule has 0 amide bonds. The Bertz CT molecular complexity index is 146. The van der Waals surface area contributed by atoms with Gasteiger partial charge in [0.25, 0.3) is 0 Å². The summed E-state index contributed by atoms with van der Waals surface area (Å²) in [4.78, 5) is 10.7. The zero-order valence-electron chi connectivity index (χ0n) is 6.70. The van der Waals surface area contributed by atoms with Gasteiger partial charge in [0.05, 0.1) is 20.1 Å². The Balaban J connectivity index is 3.38. The third-order valence-electron chi connectivity index (χ3n) is 1.01. The maximum Gasteiger partial charge on any atom is 0.508 e. The van der Waals surface area contributed by atoms with Gasteiger partial charge in [0.2, 0.25) is 0 Å². The fourth-order valence-corrected chi connectivity index (χ4v) is 1.05. The molecule has 0 aromatic rings. The number of hydrogen-bond donors (Lipinski definition) is 0. The van der Waals surface area contributed by atoms with Crippen molar-refractivity contribution in [2.45, 2.75) is 13.3 Å². The molecule has 5 heteroatoms. The van der Waals surface area contributed by atoms with Crippen LogP contribution in [-0.4, -0.2) is 25.8 Å². The van der Waals surface area contributed by atoms with Crippen LogP contribution in [0, 0.1) is 0 Å². The Hall–Kier alpha value is -0.470. The van der Waals surface area contributed by atoms with Crippen molar-refractivity contribution in [2.75, 3.05) is 19.9 Å². The molecule has 0 aromatic carbocycles. The Morgan fingerprint density at radius 2 is 2.18 bits per heavy atom. The van der Waals surface area contributed by atoms with Gasteiger partial charge in [0, 0.05) is 0 Å². The lowest BCUT2D eigenvalue weighted by Gasteiger charge is -1.95. The van der Waals surface area contributed by atoms with E-state index < -0.39 is 8.03 Å². The summed E-state index contributed by atoms with van der Waals surface area (Å²) >= 11 is 0. The summed E-state index contributed by atoms with van der Waals surface area (Å²) < 4.78 is 19.7. The van der Waals surface area contributed by atoms with Crippen molar-refractivity contribution in [1.82, 2.24) is 0 Å². The van der Waals surface area contributed by atoms with Crippen molar-refractivity contribution in [2.24, 2.45) is 0 Å². The second-order valence-corrected chi connectivity index (χ2v) is 3.27. The van der Waals surface area contributed by atoms with E-state index in [1.807, 2.05) is 0 Å². The minimum Gasteiger partial charge on any atom is -0.466 e. The summed E-state index contributed by atoms with van der Waals surface area (Å²) in [5, 5.41) is 0. The molecule has 0 heterocycles. The number of hydrogen-bond acceptors (Lipinski definition) is 4. The van der Waals surface area contributed by atoms with E-state index in [1.54, 1.807) is 6.92 Å². The van der Waals surface area contributed by atoms with Gasteiger partial charge in [0.1, 0.15) is 0 Å². The van der Waals surface area contributed by atoms with Gasteiger partial charge >= 0.3 is 14.0 Å². The smallest absolute Gasteiger partial charge is 0.466 e. The SMILES string of the molecule is CCOC(=O)CC[P+](=O)OC. The number of esters is 1. The Morgan fingerprint density at radius 3 is 2.64 bits per heavy atom. The van der Waals surface area contributed by atoms with Crippen molar-refractivity contribution in [3.8, 4) is 0 Å². The Labute approximate surface area is 66.7 Å². The second kappa shape index (κ2) is 6.25. The molecule has 0 aliphatic rings. The number of carbonyl (C=O) groups is 1. The lowest BCUT2D eigenvalue weighted by molar-refractivity contribution is -0.142. The van der Waals surface area contributed by atoms with Crippen LogP contribution in [-0.2, 0) is 18.6 Å². The van der Waals surface area contributed by atoms with E-state index in [2.05, 4.69) is 9.26 Å². The second-order valence-electron chi connectivity index (χ2n) is 1.79. The maximum absolute atomic E-state index is 10.7. The first-order valence-corrected chi connectivity index (χ1v) is 4.71. The summed E-state index contributed by atoms with van der Waals surface area (Å²) in [6, 6.07) is 0. The fourth-order valence-electron chi connectivity index (χ4n) is 0.507. The Kier molecular flexibility index (Phi) is 5.99. The molecule has 1 unspecified atom stereocenters. The fraction of sp³-hybridized carbons (Fsp3) is 0.833. The van der Waals surface area contributed by atoms with E-state index >= 15 is 0 Å². The van der Waals surface area contributed by atoms with E-state index in [9.17, 15) is 9.36 Å². The molecule has 1 atom stereocenters. The molecule has 0 saturated carbocycles. The lowest BCUT2D eigenvalue weighted by Crippen LogP contribution is -2.04. The number of ether oxygens (including phenoxy) is 1. The van der Waals surface area contributed by atoms with E-state index in [-0.39, 0.29) is 18.6 Å². The molecule has 11 heavy (non-hydrogen) atoms. The van der Waals surface area contributed by atoms with Crippen molar-refractivity contribution < 1.29 is 18.6 Å². The van der Waals surface area contributed by atoms with Crippen LogP contribution in [0.4, 0.5) is 0 Å². The highest BCUT2D eigenvalue weighted by atomic mass is 31.1. The zero-order valence-corrected chi connectivity index (χ0v) is 7.60. The predicted octanol–water partition coefficient (Wildman–Crippen LogP) is 1.33. The van der Waals surface area contributed by atoms with Crippen LogP contribution in [0.1, 0.15) is 13.3 Å². The van der Waals surface area contributed by atoms with Crippen LogP contribution in [0.5, 0.6) is 0 Å². The number of carbonyl (C=O) groups excluding carboxylic acids is 1. The van der Waals surface area contributed by atoms with E-state index in [0.29, 0.717) is 6.61 Å². The van der Waals surface area contributed by atoms with Gasteiger partial charge in [-0.25, -0.2) is 0 Å². The molecule has 0 radical (unpaired) electrons. The van der Waals surface area contributed by atoms with Gasteiger partial charge in [-0.05, 0) is 11.5 Å². The molecule has 0 bridgehead atoms. The first kappa shape index (κ1) is 10.5. The van der Waals surface area contributed by atoms with Gasteiger partial charge < -0.3 is 4.74 Å².